The summed E-state index contributed by atoms with van der Waals surface area (Å²) in [6.07, 6.45) is 2.18. The van der Waals surface area contributed by atoms with E-state index in [9.17, 15) is 5.11 Å². The summed E-state index contributed by atoms with van der Waals surface area (Å²) in [6, 6.07) is 5.93. The molecular formula is C18H23ClN6O. The number of rotatable bonds is 4. The Balaban J connectivity index is 1.57. The molecule has 3 heterocycles. The largest absolute Gasteiger partial charge is 0.388 e. The van der Waals surface area contributed by atoms with Crippen LogP contribution in [0.15, 0.2) is 18.2 Å². The van der Waals surface area contributed by atoms with Crippen LogP contribution >= 0.6 is 11.6 Å². The molecule has 138 valence electrons. The molecule has 1 aromatic carbocycles. The lowest BCUT2D eigenvalue weighted by molar-refractivity contribution is 0.193. The quantitative estimate of drug-likeness (QED) is 0.758. The van der Waals surface area contributed by atoms with Crippen LogP contribution in [0.4, 0.5) is 0 Å². The molecule has 26 heavy (non-hydrogen) atoms. The lowest BCUT2D eigenvalue weighted by atomic mass is 9.97. The van der Waals surface area contributed by atoms with Gasteiger partial charge in [0, 0.05) is 38.5 Å². The minimum Gasteiger partial charge on any atom is -0.388 e. The van der Waals surface area contributed by atoms with Crippen molar-refractivity contribution in [1.82, 2.24) is 29.4 Å². The Hall–Kier alpha value is -1.96. The van der Waals surface area contributed by atoms with E-state index in [1.165, 1.54) is 0 Å². The van der Waals surface area contributed by atoms with Gasteiger partial charge in [-0.15, -0.1) is 10.2 Å². The van der Waals surface area contributed by atoms with Crippen LogP contribution in [0.1, 0.15) is 36.1 Å². The third-order valence-corrected chi connectivity index (χ3v) is 5.60. The van der Waals surface area contributed by atoms with Crippen LogP contribution in [-0.4, -0.2) is 47.6 Å². The second-order valence-corrected chi connectivity index (χ2v) is 7.38. The Kier molecular flexibility index (Phi) is 4.69. The van der Waals surface area contributed by atoms with Crippen LogP contribution in [0.3, 0.4) is 0 Å². The molecule has 0 saturated carbocycles. The summed E-state index contributed by atoms with van der Waals surface area (Å²) in [6.45, 7) is 2.62. The molecular weight excluding hydrogens is 352 g/mol. The van der Waals surface area contributed by atoms with Crippen LogP contribution in [0.2, 0.25) is 5.02 Å². The average molecular weight is 375 g/mol. The van der Waals surface area contributed by atoms with E-state index >= 15 is 0 Å². The van der Waals surface area contributed by atoms with Gasteiger partial charge in [0.25, 0.3) is 0 Å². The molecule has 2 aromatic heterocycles. The lowest BCUT2D eigenvalue weighted by Crippen LogP contribution is -2.35. The highest BCUT2D eigenvalue weighted by atomic mass is 35.5. The summed E-state index contributed by atoms with van der Waals surface area (Å²) < 4.78 is 3.81. The predicted octanol–water partition coefficient (Wildman–Crippen LogP) is 2.23. The molecule has 1 atom stereocenters. The van der Waals surface area contributed by atoms with Crippen molar-refractivity contribution in [3.05, 3.63) is 40.6 Å². The number of aryl methyl sites for hydroxylation is 1. The number of piperidine rings is 1. The van der Waals surface area contributed by atoms with Crippen LogP contribution < -0.4 is 0 Å². The smallest absolute Gasteiger partial charge is 0.158 e. The normalized spacial score (nSPS) is 18.7. The monoisotopic (exact) mass is 374 g/mol. The highest BCUT2D eigenvalue weighted by Crippen LogP contribution is 2.30. The summed E-state index contributed by atoms with van der Waals surface area (Å²) in [5.74, 6) is 1.87. The maximum Gasteiger partial charge on any atom is 0.158 e. The number of aliphatic hydroxyl groups excluding tert-OH is 1. The predicted molar refractivity (Wildman–Crippen MR) is 99.9 cm³/mol. The minimum atomic E-state index is -0.0850. The molecule has 1 fully saturated rings. The summed E-state index contributed by atoms with van der Waals surface area (Å²) in [4.78, 5) is 2.41. The summed E-state index contributed by atoms with van der Waals surface area (Å²) >= 11 is 6.44. The van der Waals surface area contributed by atoms with E-state index < -0.39 is 0 Å². The zero-order chi connectivity index (χ0) is 18.3. The zero-order valence-electron chi connectivity index (χ0n) is 15.1. The van der Waals surface area contributed by atoms with Crippen molar-refractivity contribution < 1.29 is 5.11 Å². The summed E-state index contributed by atoms with van der Waals surface area (Å²) in [7, 11) is 3.88. The lowest BCUT2D eigenvalue weighted by Gasteiger charge is -2.31. The Morgan fingerprint density at radius 3 is 2.88 bits per heavy atom. The molecule has 4 rings (SSSR count). The van der Waals surface area contributed by atoms with Crippen molar-refractivity contribution >= 4 is 22.5 Å². The van der Waals surface area contributed by atoms with Crippen molar-refractivity contribution in [3.63, 3.8) is 0 Å². The van der Waals surface area contributed by atoms with Gasteiger partial charge in [0.1, 0.15) is 12.4 Å². The molecule has 7 nitrogen and oxygen atoms in total. The van der Waals surface area contributed by atoms with Gasteiger partial charge in [-0.25, -0.2) is 0 Å². The number of aliphatic hydroxyl groups is 1. The fourth-order valence-corrected chi connectivity index (χ4v) is 4.23. The molecule has 1 N–H and O–H groups in total. The van der Waals surface area contributed by atoms with Gasteiger partial charge < -0.3 is 9.67 Å². The van der Waals surface area contributed by atoms with Gasteiger partial charge in [-0.05, 0) is 31.5 Å². The minimum absolute atomic E-state index is 0.0850. The molecule has 0 bridgehead atoms. The van der Waals surface area contributed by atoms with Crippen molar-refractivity contribution in [2.75, 3.05) is 13.1 Å². The highest BCUT2D eigenvalue weighted by Gasteiger charge is 2.27. The Morgan fingerprint density at radius 1 is 1.27 bits per heavy atom. The number of hydrogen-bond acceptors (Lipinski definition) is 5. The molecule has 1 saturated heterocycles. The average Bonchev–Trinajstić information content (AvgIpc) is 3.16. The van der Waals surface area contributed by atoms with E-state index in [0.29, 0.717) is 11.7 Å². The SMILES string of the molecule is Cn1c(CO)nnc1[C@@H]1CCCN(Cc2nn(C)c3cccc(Cl)c23)C1. The van der Waals surface area contributed by atoms with E-state index in [4.69, 9.17) is 16.7 Å². The Bertz CT molecular complexity index is 933. The van der Waals surface area contributed by atoms with Crippen LogP contribution in [0.25, 0.3) is 10.9 Å². The fourth-order valence-electron chi connectivity index (χ4n) is 3.95. The molecule has 0 amide bonds. The first kappa shape index (κ1) is 17.5. The topological polar surface area (TPSA) is 72.0 Å². The molecule has 8 heteroatoms. The Labute approximate surface area is 157 Å². The third-order valence-electron chi connectivity index (χ3n) is 5.28. The van der Waals surface area contributed by atoms with Crippen LogP contribution in [0, 0.1) is 0 Å². The molecule has 1 aliphatic heterocycles. The molecule has 0 unspecified atom stereocenters. The number of halogens is 1. The number of likely N-dealkylation sites (tertiary alicyclic amines) is 1. The van der Waals surface area contributed by atoms with Gasteiger partial charge in [0.05, 0.1) is 16.2 Å². The molecule has 1 aliphatic rings. The van der Waals surface area contributed by atoms with E-state index in [1.807, 2.05) is 41.5 Å². The fraction of sp³-hybridized carbons (Fsp3) is 0.500. The van der Waals surface area contributed by atoms with Gasteiger partial charge in [0.2, 0.25) is 0 Å². The van der Waals surface area contributed by atoms with E-state index in [2.05, 4.69) is 15.1 Å². The standard InChI is InChI=1S/C18H23ClN6O/c1-23-16(11-26)20-21-18(23)12-5-4-8-25(9-12)10-14-17-13(19)6-3-7-15(17)24(2)22-14/h3,6-7,12,26H,4-5,8-11H2,1-2H3/t12-/m1/s1. The summed E-state index contributed by atoms with van der Waals surface area (Å²) in [5, 5.41) is 24.2. The Morgan fingerprint density at radius 2 is 2.12 bits per heavy atom. The van der Waals surface area contributed by atoms with Crippen molar-refractivity contribution in [3.8, 4) is 0 Å². The van der Waals surface area contributed by atoms with Gasteiger partial charge in [-0.2, -0.15) is 5.10 Å². The van der Waals surface area contributed by atoms with Crippen LogP contribution in [0.5, 0.6) is 0 Å². The third kappa shape index (κ3) is 3.00. The van der Waals surface area contributed by atoms with Crippen molar-refractivity contribution in [1.29, 1.82) is 0 Å². The van der Waals surface area contributed by atoms with E-state index in [0.717, 1.165) is 59.9 Å². The van der Waals surface area contributed by atoms with Gasteiger partial charge in [0.15, 0.2) is 5.82 Å². The van der Waals surface area contributed by atoms with Gasteiger partial charge >= 0.3 is 0 Å². The van der Waals surface area contributed by atoms with Gasteiger partial charge in [-0.1, -0.05) is 17.7 Å². The molecule has 3 aromatic rings. The highest BCUT2D eigenvalue weighted by molar-refractivity contribution is 6.35. The molecule has 0 radical (unpaired) electrons. The zero-order valence-corrected chi connectivity index (χ0v) is 15.8. The number of benzene rings is 1. The first-order valence-corrected chi connectivity index (χ1v) is 9.27. The van der Waals surface area contributed by atoms with Crippen molar-refractivity contribution in [2.45, 2.75) is 31.9 Å². The second-order valence-electron chi connectivity index (χ2n) is 6.97. The number of nitrogens with zero attached hydrogens (tertiary/aromatic N) is 6. The number of hydrogen-bond donors (Lipinski definition) is 1. The summed E-state index contributed by atoms with van der Waals surface area (Å²) in [5.41, 5.74) is 2.07. The second kappa shape index (κ2) is 6.98. The first-order chi connectivity index (χ1) is 12.6. The van der Waals surface area contributed by atoms with Gasteiger partial charge in [-0.3, -0.25) is 9.58 Å². The first-order valence-electron chi connectivity index (χ1n) is 8.90. The molecule has 0 spiro atoms. The van der Waals surface area contributed by atoms with E-state index in [1.54, 1.807) is 0 Å². The maximum absolute atomic E-state index is 9.35. The maximum atomic E-state index is 9.35. The molecule has 0 aliphatic carbocycles. The number of aromatic nitrogens is 5. The number of fused-ring (bicyclic) bond motifs is 1. The van der Waals surface area contributed by atoms with E-state index in [-0.39, 0.29) is 6.61 Å². The van der Waals surface area contributed by atoms with Crippen molar-refractivity contribution in [2.24, 2.45) is 14.1 Å². The van der Waals surface area contributed by atoms with Crippen LogP contribution in [-0.2, 0) is 27.2 Å².